The maximum absolute atomic E-state index is 10.5. The standard InChI is InChI=1S/C16H30O12/c1-6-9(20)14(12(23)15(25-6)26-7(3-17)4-18)28-16-11(22)13(24-2)10(21)8(5-19)27-16/h6-23H,3-5H2,1-2H3/t6-,8+,9+,10+,11-,12-,13-,14+,15-,16+/m0/s1. The van der Waals surface area contributed by atoms with Crippen LogP contribution in [0.15, 0.2) is 0 Å². The van der Waals surface area contributed by atoms with Crippen molar-refractivity contribution in [1.82, 2.24) is 0 Å². The van der Waals surface area contributed by atoms with E-state index >= 15 is 0 Å². The molecular weight excluding hydrogens is 384 g/mol. The van der Waals surface area contributed by atoms with E-state index in [4.69, 9.17) is 33.9 Å². The number of aliphatic hydroxyl groups is 7. The van der Waals surface area contributed by atoms with Crippen molar-refractivity contribution in [2.45, 2.75) is 74.4 Å². The molecule has 12 nitrogen and oxygen atoms in total. The zero-order chi connectivity index (χ0) is 21.0. The van der Waals surface area contributed by atoms with Gasteiger partial charge in [0.1, 0.15) is 48.8 Å². The summed E-state index contributed by atoms with van der Waals surface area (Å²) in [6.45, 7) is -0.140. The lowest BCUT2D eigenvalue weighted by molar-refractivity contribution is -0.362. The Kier molecular flexibility index (Phi) is 8.94. The van der Waals surface area contributed by atoms with E-state index in [1.165, 1.54) is 14.0 Å². The molecule has 0 spiro atoms. The summed E-state index contributed by atoms with van der Waals surface area (Å²) in [5, 5.41) is 68.9. The molecule has 0 aliphatic carbocycles. The Hall–Kier alpha value is -0.480. The van der Waals surface area contributed by atoms with Crippen LogP contribution in [0.25, 0.3) is 0 Å². The molecule has 0 aromatic heterocycles. The molecule has 2 saturated heterocycles. The third-order valence-electron chi connectivity index (χ3n) is 4.90. The minimum atomic E-state index is -1.57. The van der Waals surface area contributed by atoms with Crippen LogP contribution in [0.5, 0.6) is 0 Å². The molecule has 0 amide bonds. The Morgan fingerprint density at radius 3 is 1.96 bits per heavy atom. The molecule has 2 heterocycles. The molecular formula is C16H30O12. The van der Waals surface area contributed by atoms with Gasteiger partial charge in [-0.05, 0) is 6.92 Å². The summed E-state index contributed by atoms with van der Waals surface area (Å²) >= 11 is 0. The summed E-state index contributed by atoms with van der Waals surface area (Å²) in [5.41, 5.74) is 0. The van der Waals surface area contributed by atoms with Gasteiger partial charge in [-0.25, -0.2) is 0 Å². The molecule has 0 aromatic carbocycles. The van der Waals surface area contributed by atoms with Crippen molar-refractivity contribution in [1.29, 1.82) is 0 Å². The van der Waals surface area contributed by atoms with Gasteiger partial charge >= 0.3 is 0 Å². The highest BCUT2D eigenvalue weighted by atomic mass is 16.7. The zero-order valence-corrected chi connectivity index (χ0v) is 15.6. The fraction of sp³-hybridized carbons (Fsp3) is 1.00. The first-order valence-electron chi connectivity index (χ1n) is 8.98. The monoisotopic (exact) mass is 414 g/mol. The molecule has 2 aliphatic heterocycles. The highest BCUT2D eigenvalue weighted by molar-refractivity contribution is 4.94. The molecule has 0 radical (unpaired) electrons. The molecule has 0 bridgehead atoms. The van der Waals surface area contributed by atoms with Crippen molar-refractivity contribution in [3.05, 3.63) is 0 Å². The van der Waals surface area contributed by atoms with Crippen molar-refractivity contribution in [3.63, 3.8) is 0 Å². The second kappa shape index (κ2) is 10.5. The lowest BCUT2D eigenvalue weighted by Gasteiger charge is -2.46. The van der Waals surface area contributed by atoms with E-state index in [1.54, 1.807) is 0 Å². The quantitative estimate of drug-likeness (QED) is 0.203. The molecule has 2 rings (SSSR count). The fourth-order valence-corrected chi connectivity index (χ4v) is 3.20. The SMILES string of the molecule is CO[C@@H]1[C@H](O)[C@@H](O[C@H]2[C@H](O)[C@H](OC(CO)CO)O[C@@H](C)[C@H]2O)O[C@H](CO)[C@H]1O. The highest BCUT2D eigenvalue weighted by Crippen LogP contribution is 2.30. The maximum atomic E-state index is 10.5. The third-order valence-corrected chi connectivity index (χ3v) is 4.90. The van der Waals surface area contributed by atoms with Crippen molar-refractivity contribution < 1.29 is 59.4 Å². The fourth-order valence-electron chi connectivity index (χ4n) is 3.20. The number of aliphatic hydroxyl groups excluding tert-OH is 7. The lowest BCUT2D eigenvalue weighted by Crippen LogP contribution is -2.64. The van der Waals surface area contributed by atoms with E-state index in [0.29, 0.717) is 0 Å². The maximum Gasteiger partial charge on any atom is 0.187 e. The van der Waals surface area contributed by atoms with E-state index in [-0.39, 0.29) is 0 Å². The summed E-state index contributed by atoms with van der Waals surface area (Å²) < 4.78 is 26.6. The smallest absolute Gasteiger partial charge is 0.187 e. The molecule has 0 aromatic rings. The number of hydrogen-bond acceptors (Lipinski definition) is 12. The van der Waals surface area contributed by atoms with Gasteiger partial charge in [0, 0.05) is 7.11 Å². The average molecular weight is 414 g/mol. The second-order valence-electron chi connectivity index (χ2n) is 6.82. The second-order valence-corrected chi connectivity index (χ2v) is 6.82. The topological polar surface area (TPSA) is 188 Å². The molecule has 2 aliphatic rings. The average Bonchev–Trinajstić information content (AvgIpc) is 2.69. The summed E-state index contributed by atoms with van der Waals surface area (Å²) in [6, 6.07) is 0. The zero-order valence-electron chi connectivity index (χ0n) is 15.6. The van der Waals surface area contributed by atoms with Gasteiger partial charge in [-0.2, -0.15) is 0 Å². The first-order chi connectivity index (χ1) is 13.3. The largest absolute Gasteiger partial charge is 0.394 e. The number of ether oxygens (including phenoxy) is 5. The number of rotatable bonds is 8. The van der Waals surface area contributed by atoms with Crippen LogP contribution in [0.4, 0.5) is 0 Å². The molecule has 166 valence electrons. The summed E-state index contributed by atoms with van der Waals surface area (Å²) in [6.07, 6.45) is -14.0. The van der Waals surface area contributed by atoms with Gasteiger partial charge in [-0.1, -0.05) is 0 Å². The molecule has 28 heavy (non-hydrogen) atoms. The molecule has 12 heteroatoms. The highest BCUT2D eigenvalue weighted by Gasteiger charge is 2.50. The van der Waals surface area contributed by atoms with Crippen LogP contribution in [-0.4, -0.2) is 130 Å². The van der Waals surface area contributed by atoms with Crippen LogP contribution >= 0.6 is 0 Å². The Bertz CT molecular complexity index is 463. The molecule has 7 N–H and O–H groups in total. The minimum Gasteiger partial charge on any atom is -0.394 e. The molecule has 10 atom stereocenters. The van der Waals surface area contributed by atoms with E-state index in [2.05, 4.69) is 0 Å². The van der Waals surface area contributed by atoms with Crippen LogP contribution in [0, 0.1) is 0 Å². The third kappa shape index (κ3) is 4.98. The van der Waals surface area contributed by atoms with Gasteiger partial charge in [0.2, 0.25) is 0 Å². The van der Waals surface area contributed by atoms with Crippen LogP contribution in [0.2, 0.25) is 0 Å². The summed E-state index contributed by atoms with van der Waals surface area (Å²) in [5.74, 6) is 0. The van der Waals surface area contributed by atoms with Gasteiger partial charge in [0.25, 0.3) is 0 Å². The summed E-state index contributed by atoms with van der Waals surface area (Å²) in [4.78, 5) is 0. The van der Waals surface area contributed by atoms with Crippen LogP contribution in [0.3, 0.4) is 0 Å². The Balaban J connectivity index is 2.14. The summed E-state index contributed by atoms with van der Waals surface area (Å²) in [7, 11) is 1.25. The molecule has 2 fully saturated rings. The number of methoxy groups -OCH3 is 1. The first-order valence-corrected chi connectivity index (χ1v) is 8.98. The normalized spacial score (nSPS) is 44.8. The van der Waals surface area contributed by atoms with E-state index < -0.39 is 87.3 Å². The Morgan fingerprint density at radius 2 is 1.43 bits per heavy atom. The van der Waals surface area contributed by atoms with E-state index in [0.717, 1.165) is 0 Å². The predicted molar refractivity (Wildman–Crippen MR) is 88.8 cm³/mol. The minimum absolute atomic E-state index is 0.526. The Labute approximate surface area is 161 Å². The van der Waals surface area contributed by atoms with Gasteiger partial charge in [-0.3, -0.25) is 0 Å². The van der Waals surface area contributed by atoms with E-state index in [9.17, 15) is 25.5 Å². The van der Waals surface area contributed by atoms with Crippen molar-refractivity contribution in [2.24, 2.45) is 0 Å². The van der Waals surface area contributed by atoms with E-state index in [1.807, 2.05) is 0 Å². The van der Waals surface area contributed by atoms with Crippen molar-refractivity contribution >= 4 is 0 Å². The van der Waals surface area contributed by atoms with Gasteiger partial charge in [0.05, 0.1) is 25.9 Å². The first kappa shape index (κ1) is 23.8. The van der Waals surface area contributed by atoms with Crippen LogP contribution in [-0.2, 0) is 23.7 Å². The predicted octanol–water partition coefficient (Wildman–Crippen LogP) is -4.34. The van der Waals surface area contributed by atoms with Gasteiger partial charge < -0.3 is 59.4 Å². The van der Waals surface area contributed by atoms with Gasteiger partial charge in [-0.15, -0.1) is 0 Å². The van der Waals surface area contributed by atoms with Crippen molar-refractivity contribution in [2.75, 3.05) is 26.9 Å². The number of hydrogen-bond donors (Lipinski definition) is 7. The molecule has 0 saturated carbocycles. The van der Waals surface area contributed by atoms with Crippen molar-refractivity contribution in [3.8, 4) is 0 Å². The Morgan fingerprint density at radius 1 is 0.821 bits per heavy atom. The molecule has 0 unspecified atom stereocenters. The van der Waals surface area contributed by atoms with Gasteiger partial charge in [0.15, 0.2) is 12.6 Å². The van der Waals surface area contributed by atoms with Crippen LogP contribution < -0.4 is 0 Å². The van der Waals surface area contributed by atoms with Crippen LogP contribution in [0.1, 0.15) is 6.92 Å². The lowest BCUT2D eigenvalue weighted by atomic mass is 9.97.